The molecule has 0 saturated heterocycles. The lowest BCUT2D eigenvalue weighted by Gasteiger charge is -2.11. The van der Waals surface area contributed by atoms with Crippen LogP contribution in [0.25, 0.3) is 0 Å². The molecule has 0 bridgehead atoms. The van der Waals surface area contributed by atoms with Gasteiger partial charge in [0.2, 0.25) is 16.0 Å². The van der Waals surface area contributed by atoms with Crippen LogP contribution in [0.1, 0.15) is 27.2 Å². The summed E-state index contributed by atoms with van der Waals surface area (Å²) in [6, 6.07) is 12.8. The maximum Gasteiger partial charge on any atom is 0.236 e. The standard InChI is InChI=1S/C22H18Cl2N4O5S/c1-34(30,31)28-22-26-8-6-17(27-22)13-33-18-4-2-14(3-5-18)20(29)15-10-16(12-25)21(19(24)11-15)32-9-7-23/h2-6,8,10-11H,7,9,13H2,1H3,(H,26,27,28). The van der Waals surface area contributed by atoms with Crippen LogP contribution < -0.4 is 14.2 Å². The van der Waals surface area contributed by atoms with Gasteiger partial charge in [0.25, 0.3) is 0 Å². The number of anilines is 1. The van der Waals surface area contributed by atoms with E-state index in [4.69, 9.17) is 32.7 Å². The second-order valence-corrected chi connectivity index (χ2v) is 9.41. The normalized spacial score (nSPS) is 10.9. The Bertz CT molecular complexity index is 1340. The molecule has 1 N–H and O–H groups in total. The summed E-state index contributed by atoms with van der Waals surface area (Å²) in [6.45, 7) is 0.231. The van der Waals surface area contributed by atoms with E-state index in [1.807, 2.05) is 6.07 Å². The topological polar surface area (TPSA) is 131 Å². The van der Waals surface area contributed by atoms with Gasteiger partial charge in [-0.25, -0.2) is 18.4 Å². The number of halogens is 2. The highest BCUT2D eigenvalue weighted by molar-refractivity contribution is 7.91. The zero-order valence-corrected chi connectivity index (χ0v) is 20.1. The Labute approximate surface area is 206 Å². The minimum absolute atomic E-state index is 0.0547. The first-order valence-corrected chi connectivity index (χ1v) is 12.5. The summed E-state index contributed by atoms with van der Waals surface area (Å²) < 4.78 is 35.9. The van der Waals surface area contributed by atoms with Crippen molar-refractivity contribution in [1.82, 2.24) is 9.97 Å². The quantitative estimate of drug-likeness (QED) is 0.315. The number of rotatable bonds is 10. The Balaban J connectivity index is 1.70. The summed E-state index contributed by atoms with van der Waals surface area (Å²) in [7, 11) is -3.50. The van der Waals surface area contributed by atoms with Crippen LogP contribution in [0.15, 0.2) is 48.7 Å². The number of nitrogens with one attached hydrogen (secondary N) is 1. The number of hydrogen-bond acceptors (Lipinski definition) is 8. The molecule has 0 amide bonds. The highest BCUT2D eigenvalue weighted by atomic mass is 35.5. The van der Waals surface area contributed by atoms with Gasteiger partial charge in [-0.15, -0.1) is 11.6 Å². The molecule has 34 heavy (non-hydrogen) atoms. The fraction of sp³-hybridized carbons (Fsp3) is 0.182. The molecule has 176 valence electrons. The van der Waals surface area contributed by atoms with Gasteiger partial charge in [-0.3, -0.25) is 9.52 Å². The molecule has 0 saturated carbocycles. The molecule has 0 radical (unpaired) electrons. The average Bonchev–Trinajstić information content (AvgIpc) is 2.80. The first-order valence-electron chi connectivity index (χ1n) is 9.70. The van der Waals surface area contributed by atoms with Crippen molar-refractivity contribution >= 4 is 45.0 Å². The zero-order chi connectivity index (χ0) is 24.7. The van der Waals surface area contributed by atoms with E-state index in [0.717, 1.165) is 6.26 Å². The maximum absolute atomic E-state index is 12.9. The first kappa shape index (κ1) is 25.2. The number of ether oxygens (including phenoxy) is 2. The third kappa shape index (κ3) is 6.81. The van der Waals surface area contributed by atoms with E-state index in [0.29, 0.717) is 17.0 Å². The second-order valence-electron chi connectivity index (χ2n) is 6.87. The monoisotopic (exact) mass is 520 g/mol. The summed E-state index contributed by atoms with van der Waals surface area (Å²) >= 11 is 11.8. The number of nitriles is 1. The van der Waals surface area contributed by atoms with Crippen LogP contribution in [0.4, 0.5) is 5.95 Å². The van der Waals surface area contributed by atoms with Gasteiger partial charge in [-0.05, 0) is 42.5 Å². The summed E-state index contributed by atoms with van der Waals surface area (Å²) in [5.41, 5.74) is 1.19. The van der Waals surface area contributed by atoms with Gasteiger partial charge in [0.15, 0.2) is 11.5 Å². The second kappa shape index (κ2) is 11.2. The van der Waals surface area contributed by atoms with Gasteiger partial charge >= 0.3 is 0 Å². The average molecular weight is 521 g/mol. The van der Waals surface area contributed by atoms with Crippen LogP contribution >= 0.6 is 23.2 Å². The molecule has 0 fully saturated rings. The molecule has 0 unspecified atom stereocenters. The van der Waals surface area contributed by atoms with Crippen molar-refractivity contribution in [3.8, 4) is 17.6 Å². The number of sulfonamides is 1. The smallest absolute Gasteiger partial charge is 0.236 e. The van der Waals surface area contributed by atoms with Gasteiger partial charge in [0.05, 0.1) is 28.4 Å². The molecule has 0 aliphatic rings. The van der Waals surface area contributed by atoms with Gasteiger partial charge in [-0.2, -0.15) is 5.26 Å². The summed E-state index contributed by atoms with van der Waals surface area (Å²) in [4.78, 5) is 20.8. The molecule has 0 aliphatic carbocycles. The molecule has 12 heteroatoms. The molecule has 9 nitrogen and oxygen atoms in total. The van der Waals surface area contributed by atoms with Gasteiger partial charge in [0.1, 0.15) is 25.0 Å². The SMILES string of the molecule is CS(=O)(=O)Nc1nccc(COc2ccc(C(=O)c3cc(Cl)c(OCCCl)c(C#N)c3)cc2)n1. The van der Waals surface area contributed by atoms with Crippen molar-refractivity contribution in [2.75, 3.05) is 23.5 Å². The maximum atomic E-state index is 12.9. The third-order valence-corrected chi connectivity index (χ3v) is 5.23. The van der Waals surface area contributed by atoms with Gasteiger partial charge in [-0.1, -0.05) is 11.6 Å². The van der Waals surface area contributed by atoms with E-state index in [-0.39, 0.29) is 52.7 Å². The number of benzene rings is 2. The molecule has 2 aromatic carbocycles. The Morgan fingerprint density at radius 2 is 1.88 bits per heavy atom. The van der Waals surface area contributed by atoms with Crippen molar-refractivity contribution in [2.24, 2.45) is 0 Å². The Kier molecular flexibility index (Phi) is 8.28. The minimum Gasteiger partial charge on any atom is -0.489 e. The van der Waals surface area contributed by atoms with Crippen LogP contribution in [0.5, 0.6) is 11.5 Å². The third-order valence-electron chi connectivity index (χ3n) is 4.24. The van der Waals surface area contributed by atoms with Crippen LogP contribution in [0.2, 0.25) is 5.02 Å². The van der Waals surface area contributed by atoms with Crippen LogP contribution in [0, 0.1) is 11.3 Å². The van der Waals surface area contributed by atoms with Crippen LogP contribution in [-0.2, 0) is 16.6 Å². The van der Waals surface area contributed by atoms with Crippen molar-refractivity contribution in [2.45, 2.75) is 6.61 Å². The number of hydrogen-bond donors (Lipinski definition) is 1. The molecule has 3 rings (SSSR count). The lowest BCUT2D eigenvalue weighted by Crippen LogP contribution is -2.13. The predicted octanol–water partition coefficient (Wildman–Crippen LogP) is 3.80. The largest absolute Gasteiger partial charge is 0.489 e. The number of nitrogens with zero attached hydrogens (tertiary/aromatic N) is 3. The first-order chi connectivity index (χ1) is 16.2. The lowest BCUT2D eigenvalue weighted by molar-refractivity contribution is 0.103. The molecule has 3 aromatic rings. The molecular weight excluding hydrogens is 503 g/mol. The number of carbonyl (C=O) groups excluding carboxylic acids is 1. The van der Waals surface area contributed by atoms with E-state index < -0.39 is 10.0 Å². The molecule has 0 atom stereocenters. The molecule has 1 aromatic heterocycles. The number of aromatic nitrogens is 2. The Morgan fingerprint density at radius 1 is 1.15 bits per heavy atom. The number of carbonyl (C=O) groups is 1. The van der Waals surface area contributed by atoms with Crippen LogP contribution in [-0.4, -0.2) is 42.9 Å². The van der Waals surface area contributed by atoms with E-state index in [9.17, 15) is 18.5 Å². The van der Waals surface area contributed by atoms with Crippen LogP contribution in [0.3, 0.4) is 0 Å². The van der Waals surface area contributed by atoms with Crippen molar-refractivity contribution in [3.05, 3.63) is 76.1 Å². The fourth-order valence-electron chi connectivity index (χ4n) is 2.81. The number of alkyl halides is 1. The molecule has 0 spiro atoms. The van der Waals surface area contributed by atoms with E-state index in [1.54, 1.807) is 30.3 Å². The number of ketones is 1. The lowest BCUT2D eigenvalue weighted by atomic mass is 10.0. The summed E-state index contributed by atoms with van der Waals surface area (Å²) in [6.07, 6.45) is 2.41. The molecule has 1 heterocycles. The fourth-order valence-corrected chi connectivity index (χ4v) is 3.59. The van der Waals surface area contributed by atoms with E-state index in [2.05, 4.69) is 14.7 Å². The highest BCUT2D eigenvalue weighted by Gasteiger charge is 2.17. The predicted molar refractivity (Wildman–Crippen MR) is 127 cm³/mol. The Morgan fingerprint density at radius 3 is 2.53 bits per heavy atom. The zero-order valence-electron chi connectivity index (χ0n) is 17.8. The molecular formula is C22H18Cl2N4O5S. The van der Waals surface area contributed by atoms with E-state index >= 15 is 0 Å². The molecule has 0 aliphatic heterocycles. The minimum atomic E-state index is -3.50. The summed E-state index contributed by atoms with van der Waals surface area (Å²) in [5.74, 6) is 0.491. The van der Waals surface area contributed by atoms with Gasteiger partial charge < -0.3 is 9.47 Å². The Hall–Kier alpha value is -3.39. The highest BCUT2D eigenvalue weighted by Crippen LogP contribution is 2.31. The van der Waals surface area contributed by atoms with Crippen molar-refractivity contribution in [1.29, 1.82) is 5.26 Å². The van der Waals surface area contributed by atoms with Crippen molar-refractivity contribution < 1.29 is 22.7 Å². The van der Waals surface area contributed by atoms with E-state index in [1.165, 1.54) is 18.3 Å². The van der Waals surface area contributed by atoms with Crippen molar-refractivity contribution in [3.63, 3.8) is 0 Å². The summed E-state index contributed by atoms with van der Waals surface area (Å²) in [5, 5.41) is 9.53. The van der Waals surface area contributed by atoms with Gasteiger partial charge in [0, 0.05) is 17.3 Å².